The van der Waals surface area contributed by atoms with E-state index < -0.39 is 0 Å². The smallest absolute Gasteiger partial charge is 0.223 e. The van der Waals surface area contributed by atoms with Crippen molar-refractivity contribution in [3.8, 4) is 22.8 Å². The highest BCUT2D eigenvalue weighted by molar-refractivity contribution is 5.70. The Kier molecular flexibility index (Phi) is 5.64. The van der Waals surface area contributed by atoms with E-state index in [0.717, 1.165) is 43.7 Å². The molecule has 0 saturated carbocycles. The molecule has 0 aliphatic carbocycles. The molecule has 176 valence electrons. The van der Waals surface area contributed by atoms with Gasteiger partial charge in [-0.05, 0) is 42.7 Å². The molecule has 4 heterocycles. The topological polar surface area (TPSA) is 97.5 Å². The molecule has 6 rings (SSSR count). The molecule has 1 fully saturated rings. The van der Waals surface area contributed by atoms with Crippen molar-refractivity contribution in [3.05, 3.63) is 84.6 Å². The number of furan rings is 1. The fourth-order valence-electron chi connectivity index (χ4n) is 4.63. The molecule has 0 spiro atoms. The largest absolute Gasteiger partial charge is 0.461 e. The monoisotopic (exact) mass is 465 g/mol. The summed E-state index contributed by atoms with van der Waals surface area (Å²) >= 11 is 0. The molecule has 0 unspecified atom stereocenters. The van der Waals surface area contributed by atoms with E-state index in [1.807, 2.05) is 18.2 Å². The quantitative estimate of drug-likeness (QED) is 0.384. The number of aromatic nitrogens is 4. The lowest BCUT2D eigenvalue weighted by atomic mass is 10.0. The Labute approximate surface area is 203 Å². The molecule has 0 bridgehead atoms. The van der Waals surface area contributed by atoms with Gasteiger partial charge in [-0.3, -0.25) is 0 Å². The molecule has 8 nitrogen and oxygen atoms in total. The number of nitrogen functional groups attached to an aromatic ring is 1. The first kappa shape index (κ1) is 21.4. The molecular formula is C27H27N7O. The number of nitrogens with zero attached hydrogens (tertiary/aromatic N) is 5. The van der Waals surface area contributed by atoms with Crippen LogP contribution in [0.3, 0.4) is 0 Å². The molecule has 3 N–H and O–H groups in total. The number of fused-ring (bicyclic) bond motifs is 1. The number of hydrogen-bond acceptors (Lipinski definition) is 7. The van der Waals surface area contributed by atoms with E-state index in [0.29, 0.717) is 29.2 Å². The lowest BCUT2D eigenvalue weighted by molar-refractivity contribution is 0.414. The maximum absolute atomic E-state index is 6.23. The summed E-state index contributed by atoms with van der Waals surface area (Å²) in [4.78, 5) is 11.6. The Balaban J connectivity index is 1.17. The van der Waals surface area contributed by atoms with Gasteiger partial charge in [-0.25, -0.2) is 9.97 Å². The zero-order valence-corrected chi connectivity index (χ0v) is 19.3. The van der Waals surface area contributed by atoms with Crippen LogP contribution in [0.25, 0.3) is 28.5 Å². The fraction of sp³-hybridized carbons (Fsp3) is 0.222. The normalized spacial score (nSPS) is 14.6. The minimum atomic E-state index is 0.290. The second kappa shape index (κ2) is 9.23. The molecule has 3 aromatic heterocycles. The molecule has 1 aliphatic heterocycles. The molecule has 0 amide bonds. The third kappa shape index (κ3) is 4.48. The number of hydrogen-bond donors (Lipinski definition) is 2. The SMILES string of the molecule is Nc1nc(-c2cccc(N3CCC(NCc4ccccc4)CC3)c2)cc2nc(-c3ccco3)nn12. The van der Waals surface area contributed by atoms with Crippen LogP contribution in [0.5, 0.6) is 0 Å². The van der Waals surface area contributed by atoms with Crippen molar-refractivity contribution >= 4 is 17.3 Å². The van der Waals surface area contributed by atoms with Crippen LogP contribution in [0, 0.1) is 0 Å². The first-order valence-electron chi connectivity index (χ1n) is 11.9. The first-order valence-corrected chi connectivity index (χ1v) is 11.9. The van der Waals surface area contributed by atoms with E-state index in [2.05, 4.69) is 79.9 Å². The van der Waals surface area contributed by atoms with E-state index >= 15 is 0 Å². The van der Waals surface area contributed by atoms with Crippen LogP contribution in [-0.2, 0) is 6.54 Å². The predicted octanol–water partition coefficient (Wildman–Crippen LogP) is 4.39. The fourth-order valence-corrected chi connectivity index (χ4v) is 4.63. The summed E-state index contributed by atoms with van der Waals surface area (Å²) in [6.07, 6.45) is 3.83. The van der Waals surface area contributed by atoms with Gasteiger partial charge in [0.15, 0.2) is 11.4 Å². The lowest BCUT2D eigenvalue weighted by Crippen LogP contribution is -2.42. The van der Waals surface area contributed by atoms with Gasteiger partial charge in [0, 0.05) is 43.0 Å². The van der Waals surface area contributed by atoms with Gasteiger partial charge in [0.2, 0.25) is 11.8 Å². The van der Waals surface area contributed by atoms with E-state index in [-0.39, 0.29) is 0 Å². The average molecular weight is 466 g/mol. The maximum Gasteiger partial charge on any atom is 0.223 e. The van der Waals surface area contributed by atoms with Gasteiger partial charge >= 0.3 is 0 Å². The van der Waals surface area contributed by atoms with Crippen molar-refractivity contribution < 1.29 is 4.42 Å². The maximum atomic E-state index is 6.23. The Morgan fingerprint density at radius 1 is 0.943 bits per heavy atom. The van der Waals surface area contributed by atoms with E-state index in [4.69, 9.17) is 10.2 Å². The number of anilines is 2. The average Bonchev–Trinajstić information content (AvgIpc) is 3.59. The zero-order chi connectivity index (χ0) is 23.6. The van der Waals surface area contributed by atoms with Gasteiger partial charge in [0.1, 0.15) is 0 Å². The van der Waals surface area contributed by atoms with Crippen LogP contribution >= 0.6 is 0 Å². The zero-order valence-electron chi connectivity index (χ0n) is 19.3. The van der Waals surface area contributed by atoms with Crippen molar-refractivity contribution in [2.75, 3.05) is 23.7 Å². The highest BCUT2D eigenvalue weighted by atomic mass is 16.3. The van der Waals surface area contributed by atoms with Gasteiger partial charge in [-0.15, -0.1) is 5.10 Å². The number of benzene rings is 2. The number of rotatable bonds is 6. The van der Waals surface area contributed by atoms with Crippen molar-refractivity contribution in [1.29, 1.82) is 0 Å². The second-order valence-corrected chi connectivity index (χ2v) is 8.86. The molecule has 2 aromatic carbocycles. The second-order valence-electron chi connectivity index (χ2n) is 8.86. The Hall–Kier alpha value is -4.17. The van der Waals surface area contributed by atoms with Crippen LogP contribution in [0.2, 0.25) is 0 Å². The van der Waals surface area contributed by atoms with Gasteiger partial charge in [0.25, 0.3) is 0 Å². The Bertz CT molecular complexity index is 1420. The third-order valence-corrected chi connectivity index (χ3v) is 6.53. The summed E-state index contributed by atoms with van der Waals surface area (Å²) in [7, 11) is 0. The van der Waals surface area contributed by atoms with Crippen LogP contribution < -0.4 is 16.0 Å². The molecule has 0 atom stereocenters. The molecule has 35 heavy (non-hydrogen) atoms. The number of nitrogens with one attached hydrogen (secondary N) is 1. The van der Waals surface area contributed by atoms with E-state index in [1.54, 1.807) is 10.8 Å². The van der Waals surface area contributed by atoms with Crippen LogP contribution in [0.15, 0.2) is 83.5 Å². The number of piperidine rings is 1. The van der Waals surface area contributed by atoms with Crippen molar-refractivity contribution in [2.24, 2.45) is 0 Å². The molecule has 0 radical (unpaired) electrons. The van der Waals surface area contributed by atoms with Gasteiger partial charge < -0.3 is 20.4 Å². The summed E-state index contributed by atoms with van der Waals surface area (Å²) < 4.78 is 6.96. The van der Waals surface area contributed by atoms with Crippen LogP contribution in [0.1, 0.15) is 18.4 Å². The predicted molar refractivity (Wildman–Crippen MR) is 137 cm³/mol. The Morgan fingerprint density at radius 2 is 1.80 bits per heavy atom. The first-order chi connectivity index (χ1) is 17.2. The standard InChI is InChI=1S/C27H27N7O/c28-27-30-23(17-25-31-26(32-34(25)27)24-10-5-15-35-24)20-8-4-9-22(16-20)33-13-11-21(12-14-33)29-18-19-6-2-1-3-7-19/h1-10,15-17,21,29H,11-14,18H2,(H2,28,30). The summed E-state index contributed by atoms with van der Waals surface area (Å²) in [5, 5.41) is 8.14. The van der Waals surface area contributed by atoms with Crippen molar-refractivity contribution in [1.82, 2.24) is 24.9 Å². The molecule has 1 saturated heterocycles. The number of nitrogens with two attached hydrogens (primary N) is 1. The highest BCUT2D eigenvalue weighted by Gasteiger charge is 2.20. The summed E-state index contributed by atoms with van der Waals surface area (Å²) in [5.74, 6) is 1.37. The summed E-state index contributed by atoms with van der Waals surface area (Å²) in [5.41, 5.74) is 11.2. The van der Waals surface area contributed by atoms with Gasteiger partial charge in [-0.2, -0.15) is 4.52 Å². The van der Waals surface area contributed by atoms with Crippen molar-refractivity contribution in [3.63, 3.8) is 0 Å². The van der Waals surface area contributed by atoms with Gasteiger partial charge in [-0.1, -0.05) is 42.5 Å². The highest BCUT2D eigenvalue weighted by Crippen LogP contribution is 2.28. The lowest BCUT2D eigenvalue weighted by Gasteiger charge is -2.34. The van der Waals surface area contributed by atoms with Crippen LogP contribution in [0.4, 0.5) is 11.6 Å². The third-order valence-electron chi connectivity index (χ3n) is 6.53. The van der Waals surface area contributed by atoms with E-state index in [1.165, 1.54) is 11.3 Å². The van der Waals surface area contributed by atoms with Crippen LogP contribution in [-0.4, -0.2) is 38.7 Å². The Morgan fingerprint density at radius 3 is 2.60 bits per heavy atom. The molecular weight excluding hydrogens is 438 g/mol. The van der Waals surface area contributed by atoms with Crippen molar-refractivity contribution in [2.45, 2.75) is 25.4 Å². The summed E-state index contributed by atoms with van der Waals surface area (Å²) in [6, 6.07) is 25.1. The summed E-state index contributed by atoms with van der Waals surface area (Å²) in [6.45, 7) is 2.95. The van der Waals surface area contributed by atoms with E-state index in [9.17, 15) is 0 Å². The molecule has 5 aromatic rings. The molecule has 8 heteroatoms. The minimum absolute atomic E-state index is 0.290. The van der Waals surface area contributed by atoms with Gasteiger partial charge in [0.05, 0.1) is 12.0 Å². The minimum Gasteiger partial charge on any atom is -0.461 e. The molecule has 1 aliphatic rings.